The number of nitrogens with zero attached hydrogens (tertiary/aromatic N) is 1. The summed E-state index contributed by atoms with van der Waals surface area (Å²) in [5.74, 6) is -0.709. The Bertz CT molecular complexity index is 1410. The first-order valence-electron chi connectivity index (χ1n) is 12.2. The number of aromatic carboxylic acids is 1. The van der Waals surface area contributed by atoms with Gasteiger partial charge in [-0.1, -0.05) is 41.4 Å². The molecule has 3 aromatic rings. The minimum Gasteiger partial charge on any atom is -0.478 e. The molecule has 2 N–H and O–H groups in total. The normalized spacial score (nSPS) is 16.3. The van der Waals surface area contributed by atoms with Crippen LogP contribution in [-0.2, 0) is 4.74 Å². The molecular formula is C29H30Cl2N2O5. The standard InChI is InChI=1S/C29H30Cl2N2O5/c1-15-18(26(34)35)11-12-19(23(15)31)24-20(16-7-9-17(30)10-8-16)13-21-22(32-27(36)38-28(2,3)4)14-29(5,6)37-25(21)33-24/h7-13,22H,14H2,1-6H3,(H,32,36)(H,34,35). The molecule has 4 rings (SSSR count). The third kappa shape index (κ3) is 5.89. The summed E-state index contributed by atoms with van der Waals surface area (Å²) in [7, 11) is 0. The van der Waals surface area contributed by atoms with E-state index in [1.54, 1.807) is 25.1 Å². The van der Waals surface area contributed by atoms with Crippen molar-refractivity contribution in [3.05, 3.63) is 69.2 Å². The fraction of sp³-hybridized carbons (Fsp3) is 0.345. The van der Waals surface area contributed by atoms with Crippen LogP contribution in [0.2, 0.25) is 10.0 Å². The van der Waals surface area contributed by atoms with Crippen molar-refractivity contribution in [2.75, 3.05) is 0 Å². The van der Waals surface area contributed by atoms with E-state index in [1.165, 1.54) is 6.07 Å². The van der Waals surface area contributed by atoms with Crippen LogP contribution < -0.4 is 10.1 Å². The Morgan fingerprint density at radius 2 is 1.76 bits per heavy atom. The molecule has 200 valence electrons. The predicted octanol–water partition coefficient (Wildman–Crippen LogP) is 7.86. The summed E-state index contributed by atoms with van der Waals surface area (Å²) in [5.41, 5.74) is 2.58. The van der Waals surface area contributed by atoms with E-state index >= 15 is 0 Å². The second kappa shape index (κ2) is 10.1. The van der Waals surface area contributed by atoms with Crippen molar-refractivity contribution < 1.29 is 24.2 Å². The molecule has 0 fully saturated rings. The van der Waals surface area contributed by atoms with Gasteiger partial charge in [-0.15, -0.1) is 0 Å². The van der Waals surface area contributed by atoms with E-state index in [0.29, 0.717) is 39.7 Å². The Labute approximate surface area is 232 Å². The SMILES string of the molecule is Cc1c(C(=O)O)ccc(-c2nc3c(cc2-c2ccc(Cl)cc2)C(NC(=O)OC(C)(C)C)CC(C)(C)O3)c1Cl. The highest BCUT2D eigenvalue weighted by molar-refractivity contribution is 6.34. The Kier molecular flexibility index (Phi) is 7.38. The molecule has 0 bridgehead atoms. The number of ether oxygens (including phenoxy) is 2. The highest BCUT2D eigenvalue weighted by Crippen LogP contribution is 2.45. The van der Waals surface area contributed by atoms with E-state index in [1.807, 2.05) is 52.8 Å². The number of aromatic nitrogens is 1. The van der Waals surface area contributed by atoms with Gasteiger partial charge in [0.25, 0.3) is 0 Å². The molecule has 1 atom stereocenters. The van der Waals surface area contributed by atoms with E-state index in [2.05, 4.69) is 5.32 Å². The number of carbonyl (C=O) groups is 2. The maximum absolute atomic E-state index is 12.7. The molecule has 0 radical (unpaired) electrons. The number of alkyl carbamates (subject to hydrolysis) is 1. The van der Waals surface area contributed by atoms with Crippen LogP contribution in [0.4, 0.5) is 4.79 Å². The Balaban J connectivity index is 1.92. The molecular weight excluding hydrogens is 527 g/mol. The number of halogens is 2. The third-order valence-corrected chi connectivity index (χ3v) is 6.92. The maximum atomic E-state index is 12.7. The van der Waals surface area contributed by atoms with Gasteiger partial charge in [-0.3, -0.25) is 0 Å². The number of benzene rings is 2. The molecule has 1 aliphatic heterocycles. The van der Waals surface area contributed by atoms with Gasteiger partial charge < -0.3 is 19.9 Å². The predicted molar refractivity (Wildman–Crippen MR) is 148 cm³/mol. The Morgan fingerprint density at radius 1 is 1.11 bits per heavy atom. The number of amides is 1. The first-order chi connectivity index (χ1) is 17.6. The summed E-state index contributed by atoms with van der Waals surface area (Å²) in [6.45, 7) is 10.9. The van der Waals surface area contributed by atoms with Crippen molar-refractivity contribution >= 4 is 35.3 Å². The van der Waals surface area contributed by atoms with Gasteiger partial charge in [-0.05, 0) is 76.9 Å². The lowest BCUT2D eigenvalue weighted by atomic mass is 9.88. The van der Waals surface area contributed by atoms with Crippen LogP contribution in [0.5, 0.6) is 5.88 Å². The first kappa shape index (κ1) is 27.7. The minimum absolute atomic E-state index is 0.115. The van der Waals surface area contributed by atoms with E-state index in [9.17, 15) is 14.7 Å². The van der Waals surface area contributed by atoms with Gasteiger partial charge in [0.15, 0.2) is 0 Å². The highest BCUT2D eigenvalue weighted by Gasteiger charge is 2.37. The number of nitrogens with one attached hydrogen (secondary N) is 1. The van der Waals surface area contributed by atoms with Gasteiger partial charge in [0, 0.05) is 28.1 Å². The van der Waals surface area contributed by atoms with E-state index in [4.69, 9.17) is 37.7 Å². The third-order valence-electron chi connectivity index (χ3n) is 6.18. The van der Waals surface area contributed by atoms with Crippen LogP contribution >= 0.6 is 23.2 Å². The van der Waals surface area contributed by atoms with Gasteiger partial charge >= 0.3 is 12.1 Å². The molecule has 38 heavy (non-hydrogen) atoms. The Hall–Kier alpha value is -3.29. The molecule has 9 heteroatoms. The fourth-order valence-electron chi connectivity index (χ4n) is 4.48. The monoisotopic (exact) mass is 556 g/mol. The van der Waals surface area contributed by atoms with Gasteiger partial charge in [-0.25, -0.2) is 14.6 Å². The smallest absolute Gasteiger partial charge is 0.408 e. The maximum Gasteiger partial charge on any atom is 0.408 e. The van der Waals surface area contributed by atoms with Crippen molar-refractivity contribution in [2.45, 2.75) is 65.2 Å². The summed E-state index contributed by atoms with van der Waals surface area (Å²) >= 11 is 12.9. The summed E-state index contributed by atoms with van der Waals surface area (Å²) in [6.07, 6.45) is -0.0424. The van der Waals surface area contributed by atoms with Crippen molar-refractivity contribution in [1.82, 2.24) is 10.3 Å². The van der Waals surface area contributed by atoms with Crippen LogP contribution in [0.25, 0.3) is 22.4 Å². The van der Waals surface area contributed by atoms with Crippen molar-refractivity contribution in [3.63, 3.8) is 0 Å². The van der Waals surface area contributed by atoms with Crippen LogP contribution in [0.15, 0.2) is 42.5 Å². The van der Waals surface area contributed by atoms with E-state index in [-0.39, 0.29) is 10.6 Å². The lowest BCUT2D eigenvalue weighted by molar-refractivity contribution is 0.0367. The van der Waals surface area contributed by atoms with Crippen LogP contribution in [0.1, 0.15) is 68.6 Å². The van der Waals surface area contributed by atoms with E-state index < -0.39 is 29.3 Å². The first-order valence-corrected chi connectivity index (χ1v) is 12.9. The molecule has 7 nitrogen and oxygen atoms in total. The molecule has 0 saturated carbocycles. The second-order valence-electron chi connectivity index (χ2n) is 11.0. The summed E-state index contributed by atoms with van der Waals surface area (Å²) in [4.78, 5) is 29.3. The highest BCUT2D eigenvalue weighted by atomic mass is 35.5. The zero-order chi connectivity index (χ0) is 28.0. The van der Waals surface area contributed by atoms with Crippen molar-refractivity contribution in [1.29, 1.82) is 0 Å². The number of carboxylic acid groups (broad SMARTS) is 1. The molecule has 1 aliphatic rings. The van der Waals surface area contributed by atoms with Gasteiger partial charge in [-0.2, -0.15) is 0 Å². The van der Waals surface area contributed by atoms with E-state index in [0.717, 1.165) is 11.1 Å². The zero-order valence-electron chi connectivity index (χ0n) is 22.1. The zero-order valence-corrected chi connectivity index (χ0v) is 23.6. The summed E-state index contributed by atoms with van der Waals surface area (Å²) in [6, 6.07) is 11.9. The number of pyridine rings is 1. The average molecular weight is 557 g/mol. The molecule has 1 aromatic heterocycles. The number of carbonyl (C=O) groups excluding carboxylic acids is 1. The number of carboxylic acids is 1. The lowest BCUT2D eigenvalue weighted by Crippen LogP contribution is -2.43. The molecule has 1 amide bonds. The summed E-state index contributed by atoms with van der Waals surface area (Å²) in [5, 5.41) is 13.4. The second-order valence-corrected chi connectivity index (χ2v) is 11.8. The number of hydrogen-bond acceptors (Lipinski definition) is 5. The lowest BCUT2D eigenvalue weighted by Gasteiger charge is -2.37. The van der Waals surface area contributed by atoms with Gasteiger partial charge in [0.1, 0.15) is 11.2 Å². The molecule has 0 saturated heterocycles. The fourth-order valence-corrected chi connectivity index (χ4v) is 4.86. The average Bonchev–Trinajstić information content (AvgIpc) is 2.78. The van der Waals surface area contributed by atoms with Gasteiger partial charge in [0.2, 0.25) is 5.88 Å². The van der Waals surface area contributed by atoms with Crippen molar-refractivity contribution in [2.24, 2.45) is 0 Å². The number of hydrogen-bond donors (Lipinski definition) is 2. The van der Waals surface area contributed by atoms with Crippen LogP contribution in [0, 0.1) is 6.92 Å². The van der Waals surface area contributed by atoms with Gasteiger partial charge in [0.05, 0.1) is 22.3 Å². The topological polar surface area (TPSA) is 97.8 Å². The largest absolute Gasteiger partial charge is 0.478 e. The van der Waals surface area contributed by atoms with Crippen LogP contribution in [-0.4, -0.2) is 33.4 Å². The molecule has 1 unspecified atom stereocenters. The van der Waals surface area contributed by atoms with Crippen LogP contribution in [0.3, 0.4) is 0 Å². The minimum atomic E-state index is -1.06. The summed E-state index contributed by atoms with van der Waals surface area (Å²) < 4.78 is 11.8. The molecule has 0 spiro atoms. The van der Waals surface area contributed by atoms with Crippen molar-refractivity contribution in [3.8, 4) is 28.3 Å². The molecule has 0 aliphatic carbocycles. The quantitative estimate of drug-likeness (QED) is 0.339. The number of fused-ring (bicyclic) bond motifs is 1. The molecule has 2 heterocycles. The number of rotatable bonds is 4. The molecule has 2 aromatic carbocycles. The Morgan fingerprint density at radius 3 is 2.37 bits per heavy atom.